The van der Waals surface area contributed by atoms with E-state index >= 15 is 0 Å². The van der Waals surface area contributed by atoms with Gasteiger partial charge in [0.15, 0.2) is 0 Å². The second-order valence-corrected chi connectivity index (χ2v) is 4.93. The number of thioether (sulfide) groups is 1. The van der Waals surface area contributed by atoms with E-state index in [-0.39, 0.29) is 22.6 Å². The Balaban J connectivity index is 2.52. The van der Waals surface area contributed by atoms with Crippen LogP contribution in [-0.2, 0) is 4.79 Å². The first-order chi connectivity index (χ1) is 8.40. The molecular weight excluding hydrogens is 287 g/mol. The third-order valence-electron chi connectivity index (χ3n) is 1.91. The molecule has 0 atom stereocenters. The molecule has 1 aromatic carbocycles. The number of hydrogen-bond donors (Lipinski definition) is 1. The number of hydrogen-bond acceptors (Lipinski definition) is 2. The van der Waals surface area contributed by atoms with Crippen molar-refractivity contribution in [2.75, 3.05) is 11.2 Å². The number of nitrogens with one attached hydrogen (secondary N) is 1. The van der Waals surface area contributed by atoms with E-state index in [0.29, 0.717) is 24.4 Å². The minimum Gasteiger partial charge on any atom is -0.326 e. The van der Waals surface area contributed by atoms with Crippen molar-refractivity contribution in [3.63, 3.8) is 0 Å². The van der Waals surface area contributed by atoms with Gasteiger partial charge in [-0.05, 0) is 42.4 Å². The second kappa shape index (κ2) is 6.89. The van der Waals surface area contributed by atoms with Crippen LogP contribution in [0.2, 0.25) is 0 Å². The summed E-state index contributed by atoms with van der Waals surface area (Å²) in [5, 5.41) is 2.58. The van der Waals surface area contributed by atoms with Gasteiger partial charge in [-0.15, -0.1) is 11.6 Å². The molecule has 1 N–H and O–H groups in total. The summed E-state index contributed by atoms with van der Waals surface area (Å²) in [6.45, 7) is 0. The summed E-state index contributed by atoms with van der Waals surface area (Å²) in [5.74, 6) is 0.195. The lowest BCUT2D eigenvalue weighted by Crippen LogP contribution is -2.11. The van der Waals surface area contributed by atoms with Crippen LogP contribution in [0.4, 0.5) is 18.9 Å². The number of anilines is 1. The Morgan fingerprint density at radius 3 is 2.39 bits per heavy atom. The van der Waals surface area contributed by atoms with E-state index in [2.05, 4.69) is 5.32 Å². The van der Waals surface area contributed by atoms with Crippen molar-refractivity contribution in [3.05, 3.63) is 24.3 Å². The first-order valence-corrected chi connectivity index (χ1v) is 6.47. The predicted octanol–water partition coefficient (Wildman–Crippen LogP) is 4.26. The van der Waals surface area contributed by atoms with Crippen molar-refractivity contribution in [2.24, 2.45) is 0 Å². The van der Waals surface area contributed by atoms with Crippen molar-refractivity contribution in [3.8, 4) is 0 Å². The normalized spacial score (nSPS) is 11.3. The van der Waals surface area contributed by atoms with Crippen molar-refractivity contribution < 1.29 is 18.0 Å². The van der Waals surface area contributed by atoms with Gasteiger partial charge in [-0.2, -0.15) is 13.2 Å². The molecule has 1 amide bonds. The topological polar surface area (TPSA) is 29.1 Å². The molecule has 0 heterocycles. The van der Waals surface area contributed by atoms with Gasteiger partial charge in [0.2, 0.25) is 5.91 Å². The molecule has 18 heavy (non-hydrogen) atoms. The highest BCUT2D eigenvalue weighted by atomic mass is 35.5. The van der Waals surface area contributed by atoms with E-state index in [1.54, 1.807) is 0 Å². The lowest BCUT2D eigenvalue weighted by Gasteiger charge is -2.07. The van der Waals surface area contributed by atoms with Gasteiger partial charge < -0.3 is 5.32 Å². The fourth-order valence-corrected chi connectivity index (χ4v) is 1.86. The van der Waals surface area contributed by atoms with E-state index in [1.165, 1.54) is 24.3 Å². The SMILES string of the molecule is O=C(CCCCl)Nc1ccc(SC(F)(F)F)cc1. The van der Waals surface area contributed by atoms with Gasteiger partial charge >= 0.3 is 5.51 Å². The molecule has 2 nitrogen and oxygen atoms in total. The molecule has 0 spiro atoms. The summed E-state index contributed by atoms with van der Waals surface area (Å²) in [5.41, 5.74) is -3.83. The molecule has 0 bridgehead atoms. The highest BCUT2D eigenvalue weighted by Gasteiger charge is 2.28. The number of benzene rings is 1. The Morgan fingerprint density at radius 2 is 1.89 bits per heavy atom. The van der Waals surface area contributed by atoms with Crippen LogP contribution in [0.15, 0.2) is 29.2 Å². The zero-order chi connectivity index (χ0) is 13.6. The van der Waals surface area contributed by atoms with Crippen molar-refractivity contribution in [1.29, 1.82) is 0 Å². The monoisotopic (exact) mass is 297 g/mol. The molecule has 7 heteroatoms. The molecule has 100 valence electrons. The van der Waals surface area contributed by atoms with Gasteiger partial charge in [-0.1, -0.05) is 0 Å². The Hall–Kier alpha value is -0.880. The molecule has 0 fully saturated rings. The van der Waals surface area contributed by atoms with Crippen LogP contribution >= 0.6 is 23.4 Å². The Labute approximate surface area is 112 Å². The Morgan fingerprint density at radius 1 is 1.28 bits per heavy atom. The third-order valence-corrected chi connectivity index (χ3v) is 2.92. The van der Waals surface area contributed by atoms with E-state index < -0.39 is 5.51 Å². The average molecular weight is 298 g/mol. The van der Waals surface area contributed by atoms with Crippen molar-refractivity contribution in [2.45, 2.75) is 23.2 Å². The Bertz CT molecular complexity index is 394. The molecule has 0 unspecified atom stereocenters. The van der Waals surface area contributed by atoms with Crippen LogP contribution in [0.5, 0.6) is 0 Å². The lowest BCUT2D eigenvalue weighted by atomic mass is 10.3. The van der Waals surface area contributed by atoms with Gasteiger partial charge in [0.05, 0.1) is 0 Å². The van der Waals surface area contributed by atoms with E-state index in [4.69, 9.17) is 11.6 Å². The number of rotatable bonds is 5. The highest BCUT2D eigenvalue weighted by Crippen LogP contribution is 2.36. The smallest absolute Gasteiger partial charge is 0.326 e. The maximum Gasteiger partial charge on any atom is 0.446 e. The van der Waals surface area contributed by atoms with E-state index in [1.807, 2.05) is 0 Å². The quantitative estimate of drug-likeness (QED) is 0.650. The van der Waals surface area contributed by atoms with Crippen molar-refractivity contribution >= 4 is 35.0 Å². The van der Waals surface area contributed by atoms with Gasteiger partial charge in [0.1, 0.15) is 0 Å². The largest absolute Gasteiger partial charge is 0.446 e. The average Bonchev–Trinajstić information content (AvgIpc) is 2.27. The molecule has 0 aliphatic heterocycles. The van der Waals surface area contributed by atoms with Crippen LogP contribution in [0, 0.1) is 0 Å². The summed E-state index contributed by atoms with van der Waals surface area (Å²) in [7, 11) is 0. The third kappa shape index (κ3) is 6.16. The van der Waals surface area contributed by atoms with Crippen LogP contribution in [0.1, 0.15) is 12.8 Å². The minimum absolute atomic E-state index is 0.0845. The molecule has 1 aromatic rings. The van der Waals surface area contributed by atoms with E-state index in [9.17, 15) is 18.0 Å². The second-order valence-electron chi connectivity index (χ2n) is 3.41. The molecule has 0 aromatic heterocycles. The summed E-state index contributed by atoms with van der Waals surface area (Å²) in [6.07, 6.45) is 0.859. The minimum atomic E-state index is -4.30. The van der Waals surface area contributed by atoms with Gasteiger partial charge in [0, 0.05) is 22.9 Å². The van der Waals surface area contributed by atoms with Gasteiger partial charge in [-0.3, -0.25) is 4.79 Å². The standard InChI is InChI=1S/C11H11ClF3NOS/c12-7-1-2-10(17)16-8-3-5-9(6-4-8)18-11(13,14)15/h3-6H,1-2,7H2,(H,16,17). The molecular formula is C11H11ClF3NOS. The fraction of sp³-hybridized carbons (Fsp3) is 0.364. The van der Waals surface area contributed by atoms with Crippen LogP contribution in [-0.4, -0.2) is 17.3 Å². The summed E-state index contributed by atoms with van der Waals surface area (Å²) < 4.78 is 36.2. The molecule has 0 saturated heterocycles. The van der Waals surface area contributed by atoms with Crippen molar-refractivity contribution in [1.82, 2.24) is 0 Å². The molecule has 1 rings (SSSR count). The molecule has 0 saturated carbocycles. The summed E-state index contributed by atoms with van der Waals surface area (Å²) in [4.78, 5) is 11.4. The first kappa shape index (κ1) is 15.2. The zero-order valence-electron chi connectivity index (χ0n) is 9.26. The number of alkyl halides is 4. The number of halogens is 4. The van der Waals surface area contributed by atoms with Crippen LogP contribution in [0.25, 0.3) is 0 Å². The maximum atomic E-state index is 12.1. The van der Waals surface area contributed by atoms with Gasteiger partial charge in [0.25, 0.3) is 0 Å². The maximum absolute atomic E-state index is 12.1. The van der Waals surface area contributed by atoms with Crippen LogP contribution < -0.4 is 5.32 Å². The summed E-state index contributed by atoms with van der Waals surface area (Å²) in [6, 6.07) is 5.50. The zero-order valence-corrected chi connectivity index (χ0v) is 10.8. The highest BCUT2D eigenvalue weighted by molar-refractivity contribution is 8.00. The lowest BCUT2D eigenvalue weighted by molar-refractivity contribution is -0.116. The Kier molecular flexibility index (Phi) is 5.81. The fourth-order valence-electron chi connectivity index (χ4n) is 1.19. The van der Waals surface area contributed by atoms with E-state index in [0.717, 1.165) is 0 Å². The number of amides is 1. The first-order valence-electron chi connectivity index (χ1n) is 5.12. The number of carbonyl (C=O) groups excluding carboxylic acids is 1. The summed E-state index contributed by atoms with van der Waals surface area (Å²) >= 11 is 5.25. The van der Waals surface area contributed by atoms with Gasteiger partial charge in [-0.25, -0.2) is 0 Å². The molecule has 0 aliphatic carbocycles. The van der Waals surface area contributed by atoms with Crippen LogP contribution in [0.3, 0.4) is 0 Å². The number of carbonyl (C=O) groups is 1. The molecule has 0 aliphatic rings. The molecule has 0 radical (unpaired) electrons. The predicted molar refractivity (Wildman–Crippen MR) is 66.9 cm³/mol.